The van der Waals surface area contributed by atoms with Crippen molar-refractivity contribution in [1.82, 2.24) is 0 Å². The van der Waals surface area contributed by atoms with Crippen molar-refractivity contribution in [2.75, 3.05) is 0 Å². The van der Waals surface area contributed by atoms with Crippen molar-refractivity contribution in [3.8, 4) is 0 Å². The molecule has 2 heteroatoms. The molecule has 2 rings (SSSR count). The first-order valence-electron chi connectivity index (χ1n) is 7.73. The standard InChI is InChI=1S/C10H15.C9H11O.Fe/c1-10(2,3)8-9-6-4-5-7-9;1-7(2)9(10)8-5-3-4-6-8;/h4,6H,5,8H2,1-3H3;3,5,7H,4H2,1-2H3;. The number of hydrogen-bond acceptors (Lipinski definition) is 1. The Hall–Kier alpha value is -0.851. The molecule has 0 bridgehead atoms. The summed E-state index contributed by atoms with van der Waals surface area (Å²) in [4.78, 5) is 12.3. The first-order valence-corrected chi connectivity index (χ1v) is 8.83. The molecule has 0 spiro atoms. The maximum absolute atomic E-state index is 12.3. The van der Waals surface area contributed by atoms with Gasteiger partial charge in [0.2, 0.25) is 0 Å². The van der Waals surface area contributed by atoms with Crippen LogP contribution in [0.15, 0.2) is 44.4 Å². The molecule has 0 aromatic carbocycles. The Morgan fingerprint density at radius 1 is 1.14 bits per heavy atom. The summed E-state index contributed by atoms with van der Waals surface area (Å²) < 4.78 is 2.83. The molecule has 116 valence electrons. The summed E-state index contributed by atoms with van der Waals surface area (Å²) in [6.45, 7) is 10.8. The van der Waals surface area contributed by atoms with E-state index in [1.54, 1.807) is 0 Å². The van der Waals surface area contributed by atoms with Crippen LogP contribution in [0.2, 0.25) is 0 Å². The van der Waals surface area contributed by atoms with Gasteiger partial charge in [-0.2, -0.15) is 0 Å². The third kappa shape index (κ3) is 4.31. The summed E-state index contributed by atoms with van der Waals surface area (Å²) in [6.07, 6.45) is 11.8. The SMILES string of the molecule is CC(C)C(=O)C1=[C]([Fe][C]2=C(CC(C)(C)C)C=CC2)CC=C1. The average Bonchev–Trinajstić information content (AvgIpc) is 2.97. The van der Waals surface area contributed by atoms with Gasteiger partial charge < -0.3 is 0 Å². The third-order valence-electron chi connectivity index (χ3n) is 3.54. The Morgan fingerprint density at radius 3 is 2.38 bits per heavy atom. The van der Waals surface area contributed by atoms with Crippen LogP contribution in [0.4, 0.5) is 0 Å². The molecule has 0 aliphatic heterocycles. The molecule has 0 amide bonds. The summed E-state index contributed by atoms with van der Waals surface area (Å²) in [5, 5.41) is 0. The molecule has 0 heterocycles. The molecule has 0 N–H and O–H groups in total. The fourth-order valence-corrected chi connectivity index (χ4v) is 4.18. The molecule has 0 saturated carbocycles. The number of rotatable bonds is 5. The van der Waals surface area contributed by atoms with Crippen LogP contribution < -0.4 is 0 Å². The van der Waals surface area contributed by atoms with E-state index in [-0.39, 0.29) is 5.92 Å². The monoisotopic (exact) mass is 326 g/mol. The molecular weight excluding hydrogens is 300 g/mol. The van der Waals surface area contributed by atoms with E-state index in [1.807, 2.05) is 19.9 Å². The molecule has 0 unspecified atom stereocenters. The molecule has 21 heavy (non-hydrogen) atoms. The van der Waals surface area contributed by atoms with Crippen LogP contribution in [0.3, 0.4) is 0 Å². The molecule has 1 nitrogen and oxygen atoms in total. The molecule has 0 aromatic rings. The van der Waals surface area contributed by atoms with Crippen molar-refractivity contribution in [2.45, 2.75) is 53.9 Å². The van der Waals surface area contributed by atoms with E-state index in [1.165, 1.54) is 14.5 Å². The summed E-state index contributed by atoms with van der Waals surface area (Å²) in [5.41, 5.74) is 2.77. The van der Waals surface area contributed by atoms with Gasteiger partial charge in [0.05, 0.1) is 0 Å². The maximum atomic E-state index is 12.3. The summed E-state index contributed by atoms with van der Waals surface area (Å²) in [6, 6.07) is 0. The van der Waals surface area contributed by atoms with Crippen molar-refractivity contribution in [3.05, 3.63) is 44.4 Å². The van der Waals surface area contributed by atoms with E-state index in [4.69, 9.17) is 0 Å². The number of carbonyl (C=O) groups excluding carboxylic acids is 1. The number of Topliss-reactive ketones (excluding diaryl/α,β-unsaturated/α-hetero) is 1. The Morgan fingerprint density at radius 2 is 1.76 bits per heavy atom. The second-order valence-corrected chi connectivity index (χ2v) is 8.89. The number of carbonyl (C=O) groups is 1. The average molecular weight is 326 g/mol. The van der Waals surface area contributed by atoms with E-state index in [2.05, 4.69) is 39.0 Å². The van der Waals surface area contributed by atoms with Gasteiger partial charge in [0, 0.05) is 0 Å². The van der Waals surface area contributed by atoms with Gasteiger partial charge in [0.1, 0.15) is 0 Å². The number of ketones is 1. The van der Waals surface area contributed by atoms with Crippen molar-refractivity contribution < 1.29 is 19.8 Å². The second-order valence-electron chi connectivity index (χ2n) is 7.28. The first kappa shape index (κ1) is 16.5. The molecule has 0 aromatic heterocycles. The van der Waals surface area contributed by atoms with E-state index < -0.39 is 0 Å². The molecule has 0 atom stereocenters. The zero-order valence-corrected chi connectivity index (χ0v) is 14.9. The van der Waals surface area contributed by atoms with Crippen molar-refractivity contribution in [2.24, 2.45) is 11.3 Å². The Balaban J connectivity index is 2.19. The topological polar surface area (TPSA) is 17.1 Å². The molecule has 0 radical (unpaired) electrons. The zero-order valence-electron chi connectivity index (χ0n) is 13.8. The fraction of sp³-hybridized carbons (Fsp3) is 0.526. The quantitative estimate of drug-likeness (QED) is 0.638. The third-order valence-corrected chi connectivity index (χ3v) is 5.31. The van der Waals surface area contributed by atoms with E-state index in [0.29, 0.717) is 11.2 Å². The van der Waals surface area contributed by atoms with Crippen LogP contribution in [-0.4, -0.2) is 5.78 Å². The molecular formula is C19H26FeO. The normalized spacial score (nSPS) is 18.8. The van der Waals surface area contributed by atoms with Crippen LogP contribution in [0.25, 0.3) is 0 Å². The Kier molecular flexibility index (Phi) is 5.11. The van der Waals surface area contributed by atoms with Gasteiger partial charge in [-0.3, -0.25) is 0 Å². The van der Waals surface area contributed by atoms with Crippen LogP contribution in [0.1, 0.15) is 53.9 Å². The van der Waals surface area contributed by atoms with Gasteiger partial charge >= 0.3 is 135 Å². The summed E-state index contributed by atoms with van der Waals surface area (Å²) >= 11 is 0.971. The predicted molar refractivity (Wildman–Crippen MR) is 85.5 cm³/mol. The van der Waals surface area contributed by atoms with Crippen LogP contribution in [-0.2, 0) is 19.8 Å². The number of hydrogen-bond donors (Lipinski definition) is 0. The van der Waals surface area contributed by atoms with Crippen LogP contribution >= 0.6 is 0 Å². The molecule has 2 aliphatic rings. The Labute approximate surface area is 135 Å². The van der Waals surface area contributed by atoms with E-state index in [9.17, 15) is 4.79 Å². The van der Waals surface area contributed by atoms with Crippen molar-refractivity contribution in [1.29, 1.82) is 0 Å². The van der Waals surface area contributed by atoms with Gasteiger partial charge in [0.25, 0.3) is 0 Å². The molecule has 2 aliphatic carbocycles. The Bertz CT molecular complexity index is 551. The van der Waals surface area contributed by atoms with Gasteiger partial charge in [-0.15, -0.1) is 0 Å². The predicted octanol–water partition coefficient (Wildman–Crippen LogP) is 5.16. The molecule has 0 saturated heterocycles. The molecule has 0 fully saturated rings. The van der Waals surface area contributed by atoms with Crippen molar-refractivity contribution in [3.63, 3.8) is 0 Å². The van der Waals surface area contributed by atoms with Gasteiger partial charge in [-0.05, 0) is 0 Å². The van der Waals surface area contributed by atoms with E-state index in [0.717, 1.165) is 39.8 Å². The van der Waals surface area contributed by atoms with E-state index >= 15 is 0 Å². The zero-order chi connectivity index (χ0) is 15.6. The minimum absolute atomic E-state index is 0.0856. The first-order chi connectivity index (χ1) is 9.78. The van der Waals surface area contributed by atoms with Crippen molar-refractivity contribution >= 4 is 5.78 Å². The summed E-state index contributed by atoms with van der Waals surface area (Å²) in [7, 11) is 0. The second kappa shape index (κ2) is 6.50. The minimum atomic E-state index is 0.0856. The van der Waals surface area contributed by atoms with Crippen LogP contribution in [0, 0.1) is 11.3 Å². The van der Waals surface area contributed by atoms with Gasteiger partial charge in [0.15, 0.2) is 0 Å². The van der Waals surface area contributed by atoms with Crippen LogP contribution in [0.5, 0.6) is 0 Å². The van der Waals surface area contributed by atoms with Gasteiger partial charge in [-0.25, -0.2) is 0 Å². The van der Waals surface area contributed by atoms with Gasteiger partial charge in [-0.1, -0.05) is 0 Å². The summed E-state index contributed by atoms with van der Waals surface area (Å²) in [5.74, 6) is 0.380. The fourth-order valence-electron chi connectivity index (χ4n) is 2.55. The number of allylic oxidation sites excluding steroid dienone is 8.